The molecule has 0 aromatic rings. The summed E-state index contributed by atoms with van der Waals surface area (Å²) < 4.78 is 10.8. The third-order valence-corrected chi connectivity index (χ3v) is 6.78. The van der Waals surface area contributed by atoms with Crippen molar-refractivity contribution in [3.05, 3.63) is 75.9 Å². The zero-order chi connectivity index (χ0) is 20.2. The number of thiol groups is 2. The lowest BCUT2D eigenvalue weighted by molar-refractivity contribution is 0.693. The minimum Gasteiger partial charge on any atom is -0.248 e. The maximum atomic E-state index is 10.8. The number of hydrogen-bond donors (Lipinski definition) is 2. The van der Waals surface area contributed by atoms with Gasteiger partial charge in [-0.1, -0.05) is 68.8 Å². The molecule has 146 valence electrons. The molecule has 0 N–H and O–H groups in total. The van der Waals surface area contributed by atoms with Gasteiger partial charge in [-0.2, -0.15) is 25.3 Å². The fraction of sp³-hybridized carbons (Fsp3) is 0.333. The van der Waals surface area contributed by atoms with Gasteiger partial charge >= 0.3 is 0 Å². The van der Waals surface area contributed by atoms with Gasteiger partial charge in [0, 0.05) is 28.8 Å². The highest BCUT2D eigenvalue weighted by molar-refractivity contribution is 8.76. The Morgan fingerprint density at radius 2 is 1.04 bits per heavy atom. The highest BCUT2D eigenvalue weighted by Gasteiger charge is 1.92. The quantitative estimate of drug-likeness (QED) is 0.147. The van der Waals surface area contributed by atoms with Crippen LogP contribution in [0.25, 0.3) is 0 Å². The van der Waals surface area contributed by atoms with E-state index in [0.29, 0.717) is 5.75 Å². The second kappa shape index (κ2) is 39.4. The van der Waals surface area contributed by atoms with Gasteiger partial charge in [0.1, 0.15) is 0 Å². The molecular weight excluding hydrogens is 425 g/mol. The SMILES string of the molecule is C=CCS.C=CCS.C=CCSS(=O)CC=C.C=CCSSCC=C. The first-order chi connectivity index (χ1) is 12.1. The van der Waals surface area contributed by atoms with Gasteiger partial charge in [0.25, 0.3) is 0 Å². The fourth-order valence-corrected chi connectivity index (χ4v) is 3.86. The van der Waals surface area contributed by atoms with Crippen molar-refractivity contribution < 1.29 is 4.21 Å². The number of hydrogen-bond acceptors (Lipinski definition) is 6. The topological polar surface area (TPSA) is 17.1 Å². The van der Waals surface area contributed by atoms with Crippen LogP contribution in [0.1, 0.15) is 0 Å². The minimum atomic E-state index is -0.793. The maximum Gasteiger partial charge on any atom is 0.0845 e. The molecule has 0 radical (unpaired) electrons. The van der Waals surface area contributed by atoms with Gasteiger partial charge in [-0.3, -0.25) is 0 Å². The van der Waals surface area contributed by atoms with E-state index in [9.17, 15) is 4.21 Å². The molecule has 0 heterocycles. The normalized spacial score (nSPS) is 9.20. The van der Waals surface area contributed by atoms with Crippen molar-refractivity contribution in [2.24, 2.45) is 0 Å². The summed E-state index contributed by atoms with van der Waals surface area (Å²) in [5.41, 5.74) is 0. The van der Waals surface area contributed by atoms with E-state index in [2.05, 4.69) is 64.7 Å². The summed E-state index contributed by atoms with van der Waals surface area (Å²) in [4.78, 5) is 0. The first-order valence-corrected chi connectivity index (χ1v) is 13.8. The molecule has 1 atom stereocenters. The van der Waals surface area contributed by atoms with Crippen LogP contribution in [-0.4, -0.2) is 38.7 Å². The molecule has 0 fully saturated rings. The lowest BCUT2D eigenvalue weighted by Gasteiger charge is -1.91. The van der Waals surface area contributed by atoms with Gasteiger partial charge in [0.2, 0.25) is 0 Å². The molecule has 0 saturated heterocycles. The highest BCUT2D eigenvalue weighted by atomic mass is 33.1. The molecule has 0 aliphatic carbocycles. The van der Waals surface area contributed by atoms with E-state index in [1.165, 1.54) is 10.8 Å². The number of rotatable bonds is 12. The van der Waals surface area contributed by atoms with Crippen molar-refractivity contribution in [1.29, 1.82) is 0 Å². The smallest absolute Gasteiger partial charge is 0.0845 e. The molecule has 0 aliphatic rings. The zero-order valence-corrected chi connectivity index (χ0v) is 19.9. The third-order valence-electron chi connectivity index (χ3n) is 1.28. The molecule has 0 spiro atoms. The average Bonchev–Trinajstić information content (AvgIpc) is 2.65. The van der Waals surface area contributed by atoms with Crippen molar-refractivity contribution in [2.75, 3.05) is 34.5 Å². The second-order valence-corrected chi connectivity index (χ2v) is 10.0. The molecule has 0 aliphatic heterocycles. The molecule has 0 aromatic carbocycles. The molecule has 7 heteroatoms. The Kier molecular flexibility index (Phi) is 52.0. The van der Waals surface area contributed by atoms with Gasteiger partial charge in [-0.05, 0) is 0 Å². The van der Waals surface area contributed by atoms with Crippen LogP contribution in [0.5, 0.6) is 0 Å². The van der Waals surface area contributed by atoms with E-state index in [4.69, 9.17) is 0 Å². The predicted octanol–water partition coefficient (Wildman–Crippen LogP) is 6.70. The molecule has 0 rings (SSSR count). The molecule has 0 amide bonds. The lowest BCUT2D eigenvalue weighted by Crippen LogP contribution is -1.86. The second-order valence-electron chi connectivity index (χ2n) is 3.42. The Bertz CT molecular complexity index is 324. The van der Waals surface area contributed by atoms with Crippen molar-refractivity contribution in [2.45, 2.75) is 0 Å². The van der Waals surface area contributed by atoms with E-state index in [0.717, 1.165) is 28.8 Å². The first kappa shape index (κ1) is 33.0. The summed E-state index contributed by atoms with van der Waals surface area (Å²) in [5.74, 6) is 4.93. The summed E-state index contributed by atoms with van der Waals surface area (Å²) in [6.45, 7) is 21.0. The van der Waals surface area contributed by atoms with Gasteiger partial charge < -0.3 is 0 Å². The highest BCUT2D eigenvalue weighted by Crippen LogP contribution is 2.20. The van der Waals surface area contributed by atoms with Crippen LogP contribution in [0.4, 0.5) is 0 Å². The average molecular weight is 457 g/mol. The zero-order valence-electron chi connectivity index (χ0n) is 14.9. The third kappa shape index (κ3) is 59.1. The Balaban J connectivity index is -0.000000126. The van der Waals surface area contributed by atoms with Crippen LogP contribution in [0.2, 0.25) is 0 Å². The van der Waals surface area contributed by atoms with Crippen LogP contribution in [0.3, 0.4) is 0 Å². The van der Waals surface area contributed by atoms with E-state index >= 15 is 0 Å². The summed E-state index contributed by atoms with van der Waals surface area (Å²) in [6.07, 6.45) is 10.7. The molecule has 1 nitrogen and oxygen atoms in total. The van der Waals surface area contributed by atoms with Crippen LogP contribution in [-0.2, 0) is 9.83 Å². The van der Waals surface area contributed by atoms with Crippen LogP contribution >= 0.6 is 57.6 Å². The van der Waals surface area contributed by atoms with Crippen molar-refractivity contribution in [1.82, 2.24) is 0 Å². The van der Waals surface area contributed by atoms with Crippen molar-refractivity contribution in [3.8, 4) is 0 Å². The first-order valence-electron chi connectivity index (χ1n) is 7.19. The van der Waals surface area contributed by atoms with E-state index in [1.54, 1.807) is 45.9 Å². The Morgan fingerprint density at radius 3 is 1.28 bits per heavy atom. The van der Waals surface area contributed by atoms with Crippen molar-refractivity contribution >= 4 is 67.5 Å². The van der Waals surface area contributed by atoms with Gasteiger partial charge in [0.15, 0.2) is 0 Å². The maximum absolute atomic E-state index is 10.8. The largest absolute Gasteiger partial charge is 0.248 e. The summed E-state index contributed by atoms with van der Waals surface area (Å²) in [7, 11) is 4.20. The summed E-state index contributed by atoms with van der Waals surface area (Å²) in [5, 5.41) is 0. The van der Waals surface area contributed by atoms with E-state index in [1.807, 2.05) is 12.2 Å². The monoisotopic (exact) mass is 456 g/mol. The van der Waals surface area contributed by atoms with Crippen LogP contribution in [0.15, 0.2) is 75.9 Å². The van der Waals surface area contributed by atoms with Gasteiger partial charge in [-0.25, -0.2) is 4.21 Å². The minimum absolute atomic E-state index is 0.568. The molecule has 0 aromatic heterocycles. The summed E-state index contributed by atoms with van der Waals surface area (Å²) >= 11 is 7.60. The molecule has 1 unspecified atom stereocenters. The Labute approximate surface area is 181 Å². The predicted molar refractivity (Wildman–Crippen MR) is 139 cm³/mol. The molecule has 25 heavy (non-hydrogen) atoms. The van der Waals surface area contributed by atoms with Gasteiger partial charge in [-0.15, -0.1) is 39.5 Å². The molecular formula is C18H32OS6. The van der Waals surface area contributed by atoms with Crippen molar-refractivity contribution in [3.63, 3.8) is 0 Å². The van der Waals surface area contributed by atoms with E-state index < -0.39 is 9.83 Å². The Morgan fingerprint density at radius 1 is 0.680 bits per heavy atom. The van der Waals surface area contributed by atoms with E-state index in [-0.39, 0.29) is 0 Å². The Hall–Kier alpha value is 0.340. The molecule has 0 saturated carbocycles. The molecule has 0 bridgehead atoms. The summed E-state index contributed by atoms with van der Waals surface area (Å²) in [6, 6.07) is 0. The fourth-order valence-electron chi connectivity index (χ4n) is 0.461. The van der Waals surface area contributed by atoms with Crippen LogP contribution < -0.4 is 0 Å². The lowest BCUT2D eigenvalue weighted by atomic mass is 10.8. The van der Waals surface area contributed by atoms with Crippen LogP contribution in [0, 0.1) is 0 Å². The standard InChI is InChI=1S/C6H10OS2.C6H10S2.2C3H6S/c1-3-5-8-9(7)6-4-2;1-3-5-7-8-6-4-2;2*1-2-3-4/h3-4H,1-2,5-6H2;3-4H,1-2,5-6H2;2*2,4H,1,3H2. The van der Waals surface area contributed by atoms with Gasteiger partial charge in [0.05, 0.1) is 15.6 Å².